The zero-order valence-electron chi connectivity index (χ0n) is 7.53. The minimum absolute atomic E-state index is 0.161. The lowest BCUT2D eigenvalue weighted by atomic mass is 10.1. The summed E-state index contributed by atoms with van der Waals surface area (Å²) in [5, 5.41) is 3.79. The van der Waals surface area contributed by atoms with Crippen molar-refractivity contribution in [3.63, 3.8) is 0 Å². The van der Waals surface area contributed by atoms with Crippen LogP contribution in [0.4, 0.5) is 4.39 Å². The van der Waals surface area contributed by atoms with E-state index in [1.165, 1.54) is 10.8 Å². The Morgan fingerprint density at radius 2 is 2.15 bits per heavy atom. The number of hydrogen-bond acceptors (Lipinski definition) is 2. The van der Waals surface area contributed by atoms with Crippen molar-refractivity contribution < 1.29 is 4.39 Å². The Kier molecular flexibility index (Phi) is 1.76. The molecular weight excluding hydrogens is 169 g/mol. The van der Waals surface area contributed by atoms with Gasteiger partial charge < -0.3 is 0 Å². The number of rotatable bonds is 1. The molecule has 68 valence electrons. The lowest BCUT2D eigenvalue weighted by Crippen LogP contribution is -2.01. The first-order valence-corrected chi connectivity index (χ1v) is 4.18. The van der Waals surface area contributed by atoms with Crippen LogP contribution in [0.25, 0.3) is 5.65 Å². The molecule has 0 bridgehead atoms. The summed E-state index contributed by atoms with van der Waals surface area (Å²) in [5.74, 6) is -0.154. The van der Waals surface area contributed by atoms with E-state index in [-0.39, 0.29) is 11.9 Å². The molecule has 2 rings (SSSR count). The van der Waals surface area contributed by atoms with Crippen LogP contribution in [0.3, 0.4) is 0 Å². The Labute approximate surface area is 75.2 Å². The molecule has 0 atom stereocenters. The third-order valence-electron chi connectivity index (χ3n) is 2.03. The fourth-order valence-electron chi connectivity index (χ4n) is 1.30. The first kappa shape index (κ1) is 8.16. The van der Waals surface area contributed by atoms with Gasteiger partial charge >= 0.3 is 0 Å². The molecule has 0 aromatic carbocycles. The molecule has 0 aliphatic carbocycles. The van der Waals surface area contributed by atoms with E-state index in [2.05, 4.69) is 10.1 Å². The van der Waals surface area contributed by atoms with Crippen molar-refractivity contribution >= 4 is 5.65 Å². The highest BCUT2D eigenvalue weighted by Gasteiger charge is 2.10. The zero-order valence-corrected chi connectivity index (χ0v) is 7.53. The highest BCUT2D eigenvalue weighted by Crippen LogP contribution is 2.18. The summed E-state index contributed by atoms with van der Waals surface area (Å²) in [7, 11) is 0. The number of halogens is 1. The molecule has 4 heteroatoms. The summed E-state index contributed by atoms with van der Waals surface area (Å²) in [4.78, 5) is 3.89. The van der Waals surface area contributed by atoms with Gasteiger partial charge in [0, 0.05) is 5.56 Å². The van der Waals surface area contributed by atoms with Gasteiger partial charge in [0.15, 0.2) is 5.65 Å². The van der Waals surface area contributed by atoms with Crippen molar-refractivity contribution in [2.24, 2.45) is 0 Å². The third-order valence-corrected chi connectivity index (χ3v) is 2.03. The Hall–Kier alpha value is -1.45. The predicted molar refractivity (Wildman–Crippen MR) is 47.0 cm³/mol. The number of aromatic nitrogens is 3. The molecule has 0 saturated carbocycles. The minimum Gasteiger partial charge on any atom is -0.215 e. The SMILES string of the molecule is CC(C)c1ccc2ncnn2c1F. The molecule has 0 radical (unpaired) electrons. The van der Waals surface area contributed by atoms with Crippen LogP contribution in [0.1, 0.15) is 25.3 Å². The number of nitrogens with zero attached hydrogens (tertiary/aromatic N) is 3. The van der Waals surface area contributed by atoms with Crippen molar-refractivity contribution in [3.8, 4) is 0 Å². The molecule has 0 spiro atoms. The highest BCUT2D eigenvalue weighted by atomic mass is 19.1. The molecule has 0 saturated heterocycles. The summed E-state index contributed by atoms with van der Waals surface area (Å²) in [6.07, 6.45) is 1.35. The molecule has 0 aliphatic heterocycles. The van der Waals surface area contributed by atoms with Crippen molar-refractivity contribution in [2.45, 2.75) is 19.8 Å². The molecular formula is C9H10FN3. The Bertz CT molecular complexity index is 433. The summed E-state index contributed by atoms with van der Waals surface area (Å²) in [6, 6.07) is 3.52. The Morgan fingerprint density at radius 1 is 1.38 bits per heavy atom. The molecule has 0 amide bonds. The highest BCUT2D eigenvalue weighted by molar-refractivity contribution is 5.38. The molecule has 13 heavy (non-hydrogen) atoms. The molecule has 0 aliphatic rings. The van der Waals surface area contributed by atoms with Crippen LogP contribution in [0.15, 0.2) is 18.5 Å². The minimum atomic E-state index is -0.315. The van der Waals surface area contributed by atoms with E-state index >= 15 is 0 Å². The average Bonchev–Trinajstić information content (AvgIpc) is 2.52. The van der Waals surface area contributed by atoms with Gasteiger partial charge in [-0.3, -0.25) is 0 Å². The summed E-state index contributed by atoms with van der Waals surface area (Å²) in [5.41, 5.74) is 1.21. The predicted octanol–water partition coefficient (Wildman–Crippen LogP) is 1.99. The first-order valence-electron chi connectivity index (χ1n) is 4.18. The third kappa shape index (κ3) is 1.18. The van der Waals surface area contributed by atoms with Crippen molar-refractivity contribution in [2.75, 3.05) is 0 Å². The summed E-state index contributed by atoms with van der Waals surface area (Å²) in [6.45, 7) is 3.89. The van der Waals surface area contributed by atoms with E-state index in [1.807, 2.05) is 13.8 Å². The molecule has 0 unspecified atom stereocenters. The number of pyridine rings is 1. The maximum Gasteiger partial charge on any atom is 0.219 e. The van der Waals surface area contributed by atoms with E-state index in [1.54, 1.807) is 12.1 Å². The van der Waals surface area contributed by atoms with Gasteiger partial charge in [0.25, 0.3) is 0 Å². The van der Waals surface area contributed by atoms with Crippen LogP contribution < -0.4 is 0 Å². The lowest BCUT2D eigenvalue weighted by molar-refractivity contribution is 0.521. The van der Waals surface area contributed by atoms with Gasteiger partial charge in [-0.1, -0.05) is 19.9 Å². The smallest absolute Gasteiger partial charge is 0.215 e. The van der Waals surface area contributed by atoms with Gasteiger partial charge in [-0.15, -0.1) is 0 Å². The first-order chi connectivity index (χ1) is 6.20. The Balaban J connectivity index is 2.73. The van der Waals surface area contributed by atoms with Gasteiger partial charge in [-0.25, -0.2) is 4.98 Å². The van der Waals surface area contributed by atoms with Crippen LogP contribution in [-0.2, 0) is 0 Å². The van der Waals surface area contributed by atoms with Crippen LogP contribution in [0, 0.1) is 5.95 Å². The zero-order chi connectivity index (χ0) is 9.42. The normalized spacial score (nSPS) is 11.4. The van der Waals surface area contributed by atoms with Crippen LogP contribution >= 0.6 is 0 Å². The van der Waals surface area contributed by atoms with Gasteiger partial charge in [0.1, 0.15) is 6.33 Å². The quantitative estimate of drug-likeness (QED) is 0.627. The average molecular weight is 179 g/mol. The molecule has 2 aromatic heterocycles. The Morgan fingerprint density at radius 3 is 2.85 bits per heavy atom. The molecule has 2 heterocycles. The maximum absolute atomic E-state index is 13.6. The van der Waals surface area contributed by atoms with Crippen LogP contribution in [0.2, 0.25) is 0 Å². The monoisotopic (exact) mass is 179 g/mol. The standard InChI is InChI=1S/C9H10FN3/c1-6(2)7-3-4-8-11-5-12-13(8)9(7)10/h3-6H,1-2H3. The number of fused-ring (bicyclic) bond motifs is 1. The molecule has 3 nitrogen and oxygen atoms in total. The van der Waals surface area contributed by atoms with E-state index in [4.69, 9.17) is 0 Å². The van der Waals surface area contributed by atoms with E-state index in [9.17, 15) is 4.39 Å². The summed E-state index contributed by atoms with van der Waals surface area (Å²) < 4.78 is 14.8. The summed E-state index contributed by atoms with van der Waals surface area (Å²) >= 11 is 0. The fourth-order valence-corrected chi connectivity index (χ4v) is 1.30. The van der Waals surface area contributed by atoms with Crippen molar-refractivity contribution in [1.29, 1.82) is 0 Å². The van der Waals surface area contributed by atoms with Gasteiger partial charge in [-0.05, 0) is 12.0 Å². The maximum atomic E-state index is 13.6. The largest absolute Gasteiger partial charge is 0.219 e. The molecule has 0 fully saturated rings. The second-order valence-corrected chi connectivity index (χ2v) is 3.26. The number of hydrogen-bond donors (Lipinski definition) is 0. The lowest BCUT2D eigenvalue weighted by Gasteiger charge is -2.06. The topological polar surface area (TPSA) is 30.2 Å². The van der Waals surface area contributed by atoms with Crippen molar-refractivity contribution in [1.82, 2.24) is 14.6 Å². The van der Waals surface area contributed by atoms with Crippen LogP contribution in [0.5, 0.6) is 0 Å². The van der Waals surface area contributed by atoms with E-state index in [0.29, 0.717) is 11.2 Å². The second-order valence-electron chi connectivity index (χ2n) is 3.26. The van der Waals surface area contributed by atoms with E-state index < -0.39 is 0 Å². The second kappa shape index (κ2) is 2.80. The van der Waals surface area contributed by atoms with Gasteiger partial charge in [0.2, 0.25) is 5.95 Å². The van der Waals surface area contributed by atoms with Crippen LogP contribution in [-0.4, -0.2) is 14.6 Å². The fraction of sp³-hybridized carbons (Fsp3) is 0.333. The molecule has 2 aromatic rings. The van der Waals surface area contributed by atoms with Gasteiger partial charge in [-0.2, -0.15) is 14.0 Å². The molecule has 0 N–H and O–H groups in total. The van der Waals surface area contributed by atoms with Gasteiger partial charge in [0.05, 0.1) is 0 Å². The van der Waals surface area contributed by atoms with E-state index in [0.717, 1.165) is 0 Å². The van der Waals surface area contributed by atoms with Crippen molar-refractivity contribution in [3.05, 3.63) is 30.0 Å².